The highest BCUT2D eigenvalue weighted by molar-refractivity contribution is 14.0. The molecular formula is C19H36IN7O. The van der Waals surface area contributed by atoms with Crippen LogP contribution in [0.15, 0.2) is 9.79 Å². The van der Waals surface area contributed by atoms with Gasteiger partial charge in [-0.25, -0.2) is 9.48 Å². The highest BCUT2D eigenvalue weighted by Crippen LogP contribution is 2.09. The second-order valence-corrected chi connectivity index (χ2v) is 7.47. The lowest BCUT2D eigenvalue weighted by Crippen LogP contribution is -2.42. The predicted molar refractivity (Wildman–Crippen MR) is 124 cm³/mol. The van der Waals surface area contributed by atoms with Gasteiger partial charge in [0.25, 0.3) is 0 Å². The van der Waals surface area contributed by atoms with Gasteiger partial charge in [-0.2, -0.15) is 5.10 Å². The van der Waals surface area contributed by atoms with Crippen LogP contribution in [-0.2, 0) is 19.5 Å². The molecule has 1 fully saturated rings. The molecule has 0 aromatic carbocycles. The molecule has 0 bridgehead atoms. The predicted octanol–water partition coefficient (Wildman–Crippen LogP) is 1.43. The Hall–Kier alpha value is -1.10. The molecule has 28 heavy (non-hydrogen) atoms. The second kappa shape index (κ2) is 12.5. The topological polar surface area (TPSA) is 79.5 Å². The van der Waals surface area contributed by atoms with Crippen LogP contribution in [0.3, 0.4) is 0 Å². The molecule has 1 aromatic rings. The van der Waals surface area contributed by atoms with Gasteiger partial charge in [-0.05, 0) is 52.1 Å². The van der Waals surface area contributed by atoms with E-state index in [0.29, 0.717) is 13.1 Å². The highest BCUT2D eigenvalue weighted by atomic mass is 127. The number of halogens is 1. The van der Waals surface area contributed by atoms with Crippen molar-refractivity contribution in [2.75, 3.05) is 39.3 Å². The van der Waals surface area contributed by atoms with Crippen LogP contribution in [0, 0.1) is 0 Å². The average molecular weight is 505 g/mol. The van der Waals surface area contributed by atoms with E-state index in [-0.39, 0.29) is 29.7 Å². The fraction of sp³-hybridized carbons (Fsp3) is 0.842. The van der Waals surface area contributed by atoms with Crippen molar-refractivity contribution in [3.05, 3.63) is 16.3 Å². The van der Waals surface area contributed by atoms with Crippen molar-refractivity contribution in [2.24, 2.45) is 4.99 Å². The van der Waals surface area contributed by atoms with Crippen LogP contribution < -0.4 is 16.3 Å². The number of fused-ring (bicyclic) bond motifs is 1. The van der Waals surface area contributed by atoms with Crippen molar-refractivity contribution in [2.45, 2.75) is 65.0 Å². The van der Waals surface area contributed by atoms with E-state index in [4.69, 9.17) is 0 Å². The van der Waals surface area contributed by atoms with Crippen LogP contribution in [0.25, 0.3) is 0 Å². The van der Waals surface area contributed by atoms with Gasteiger partial charge in [-0.15, -0.1) is 24.0 Å². The van der Waals surface area contributed by atoms with E-state index < -0.39 is 0 Å². The molecule has 3 rings (SSSR count). The Balaban J connectivity index is 0.00000280. The third-order valence-corrected chi connectivity index (χ3v) is 5.34. The van der Waals surface area contributed by atoms with E-state index in [2.05, 4.69) is 32.5 Å². The molecular weight excluding hydrogens is 469 g/mol. The molecule has 0 atom stereocenters. The molecule has 0 saturated carbocycles. The van der Waals surface area contributed by atoms with Gasteiger partial charge in [0.05, 0.1) is 0 Å². The van der Waals surface area contributed by atoms with Crippen LogP contribution in [-0.4, -0.2) is 64.5 Å². The fourth-order valence-electron chi connectivity index (χ4n) is 3.86. The van der Waals surface area contributed by atoms with Gasteiger partial charge in [0, 0.05) is 45.7 Å². The van der Waals surface area contributed by atoms with Crippen LogP contribution >= 0.6 is 24.0 Å². The number of aryl methyl sites for hydroxylation is 2. The van der Waals surface area contributed by atoms with Crippen molar-refractivity contribution < 1.29 is 0 Å². The normalized spacial score (nSPS) is 17.7. The van der Waals surface area contributed by atoms with Gasteiger partial charge in [0.2, 0.25) is 0 Å². The quantitative estimate of drug-likeness (QED) is 0.242. The number of hydrogen-bond donors (Lipinski definition) is 2. The van der Waals surface area contributed by atoms with Crippen molar-refractivity contribution in [3.8, 4) is 0 Å². The minimum atomic E-state index is 0. The van der Waals surface area contributed by atoms with Gasteiger partial charge in [0.15, 0.2) is 5.96 Å². The summed E-state index contributed by atoms with van der Waals surface area (Å²) in [7, 11) is 0. The molecule has 2 N–H and O–H groups in total. The number of aliphatic imine (C=N–C) groups is 1. The first kappa shape index (κ1) is 23.2. The molecule has 0 aliphatic carbocycles. The van der Waals surface area contributed by atoms with Crippen LogP contribution in [0.5, 0.6) is 0 Å². The molecule has 3 heterocycles. The first-order valence-corrected chi connectivity index (χ1v) is 10.7. The summed E-state index contributed by atoms with van der Waals surface area (Å²) >= 11 is 0. The highest BCUT2D eigenvalue weighted by Gasteiger charge is 2.16. The van der Waals surface area contributed by atoms with Crippen molar-refractivity contribution in [1.29, 1.82) is 0 Å². The molecule has 9 heteroatoms. The van der Waals surface area contributed by atoms with Gasteiger partial charge < -0.3 is 15.5 Å². The number of rotatable bonds is 8. The molecule has 2 aliphatic rings. The number of likely N-dealkylation sites (tertiary alicyclic amines) is 1. The Morgan fingerprint density at radius 1 is 1.07 bits per heavy atom. The molecule has 0 unspecified atom stereocenters. The van der Waals surface area contributed by atoms with Crippen molar-refractivity contribution in [3.63, 3.8) is 0 Å². The monoisotopic (exact) mass is 505 g/mol. The SMILES string of the molecule is CCNC(=NCCCn1nc2n(c1=O)CCCC2)NCCN1CCCCC1.I. The largest absolute Gasteiger partial charge is 0.357 e. The summed E-state index contributed by atoms with van der Waals surface area (Å²) in [6.07, 6.45) is 7.98. The van der Waals surface area contributed by atoms with Crippen LogP contribution in [0.1, 0.15) is 51.3 Å². The number of piperidine rings is 1. The number of hydrogen-bond acceptors (Lipinski definition) is 4. The summed E-state index contributed by atoms with van der Waals surface area (Å²) in [6, 6.07) is 0. The van der Waals surface area contributed by atoms with Gasteiger partial charge in [-0.1, -0.05) is 6.42 Å². The van der Waals surface area contributed by atoms with E-state index in [1.54, 1.807) is 4.68 Å². The molecule has 8 nitrogen and oxygen atoms in total. The first-order chi connectivity index (χ1) is 13.3. The van der Waals surface area contributed by atoms with E-state index >= 15 is 0 Å². The summed E-state index contributed by atoms with van der Waals surface area (Å²) in [6.45, 7) is 9.50. The lowest BCUT2D eigenvalue weighted by molar-refractivity contribution is 0.232. The van der Waals surface area contributed by atoms with Crippen LogP contribution in [0.2, 0.25) is 0 Å². The van der Waals surface area contributed by atoms with E-state index in [1.807, 2.05) is 4.57 Å². The van der Waals surface area contributed by atoms with E-state index in [9.17, 15) is 4.79 Å². The maximum atomic E-state index is 12.3. The summed E-state index contributed by atoms with van der Waals surface area (Å²) in [5.74, 6) is 1.81. The Morgan fingerprint density at radius 2 is 1.86 bits per heavy atom. The van der Waals surface area contributed by atoms with E-state index in [1.165, 1.54) is 32.4 Å². The molecule has 0 radical (unpaired) electrons. The van der Waals surface area contributed by atoms with Gasteiger partial charge >= 0.3 is 5.69 Å². The smallest absolute Gasteiger partial charge is 0.345 e. The summed E-state index contributed by atoms with van der Waals surface area (Å²) < 4.78 is 3.45. The summed E-state index contributed by atoms with van der Waals surface area (Å²) in [5.41, 5.74) is 0.0419. The number of aromatic nitrogens is 3. The second-order valence-electron chi connectivity index (χ2n) is 7.47. The third-order valence-electron chi connectivity index (χ3n) is 5.34. The molecule has 0 amide bonds. The van der Waals surface area contributed by atoms with Gasteiger partial charge in [0.1, 0.15) is 5.82 Å². The summed E-state index contributed by atoms with van der Waals surface area (Å²) in [5, 5.41) is 11.2. The molecule has 0 spiro atoms. The van der Waals surface area contributed by atoms with E-state index in [0.717, 1.165) is 63.6 Å². The number of nitrogens with zero attached hydrogens (tertiary/aromatic N) is 5. The number of nitrogens with one attached hydrogen (secondary N) is 2. The Bertz CT molecular complexity index is 664. The molecule has 1 saturated heterocycles. The van der Waals surface area contributed by atoms with Gasteiger partial charge in [-0.3, -0.25) is 9.56 Å². The molecule has 1 aromatic heterocycles. The zero-order chi connectivity index (χ0) is 18.9. The lowest BCUT2D eigenvalue weighted by Gasteiger charge is -2.26. The Labute approximate surface area is 185 Å². The van der Waals surface area contributed by atoms with Crippen molar-refractivity contribution >= 4 is 29.9 Å². The van der Waals surface area contributed by atoms with Crippen molar-refractivity contribution in [1.82, 2.24) is 29.9 Å². The molecule has 160 valence electrons. The third kappa shape index (κ3) is 6.75. The lowest BCUT2D eigenvalue weighted by atomic mass is 10.1. The molecule has 2 aliphatic heterocycles. The standard InChI is InChI=1S/C19H35N7O.HI/c1-2-20-18(22-11-16-24-12-5-3-6-13-24)21-10-8-15-26-19(27)25-14-7-4-9-17(25)23-26;/h2-16H2,1H3,(H2,20,21,22);1H. The summed E-state index contributed by atoms with van der Waals surface area (Å²) in [4.78, 5) is 19.5. The minimum absolute atomic E-state index is 0. The zero-order valence-corrected chi connectivity index (χ0v) is 19.5. The Morgan fingerprint density at radius 3 is 2.61 bits per heavy atom. The Kier molecular flexibility index (Phi) is 10.3. The maximum Gasteiger partial charge on any atom is 0.345 e. The van der Waals surface area contributed by atoms with Crippen LogP contribution in [0.4, 0.5) is 0 Å². The maximum absolute atomic E-state index is 12.3. The zero-order valence-electron chi connectivity index (χ0n) is 17.2. The first-order valence-electron chi connectivity index (χ1n) is 10.7. The number of guanidine groups is 1. The fourth-order valence-corrected chi connectivity index (χ4v) is 3.86. The minimum Gasteiger partial charge on any atom is -0.357 e. The average Bonchev–Trinajstić information content (AvgIpc) is 3.02.